The summed E-state index contributed by atoms with van der Waals surface area (Å²) in [6.45, 7) is 1.90. The molecule has 0 saturated heterocycles. The SMILES string of the molecule is CC1=CC(O)C(C(=O)O)CC1. The summed E-state index contributed by atoms with van der Waals surface area (Å²) in [5.41, 5.74) is 1.08. The third-order valence-electron chi connectivity index (χ3n) is 2.03. The van der Waals surface area contributed by atoms with Crippen LogP contribution in [0, 0.1) is 5.92 Å². The second-order valence-corrected chi connectivity index (χ2v) is 2.99. The Bertz CT molecular complexity index is 196. The molecular formula is C8H12O3. The van der Waals surface area contributed by atoms with Gasteiger partial charge in [0.05, 0.1) is 12.0 Å². The van der Waals surface area contributed by atoms with Crippen LogP contribution in [0.4, 0.5) is 0 Å². The molecule has 11 heavy (non-hydrogen) atoms. The minimum atomic E-state index is -0.902. The number of aliphatic hydroxyl groups is 1. The van der Waals surface area contributed by atoms with Gasteiger partial charge in [0.1, 0.15) is 0 Å². The van der Waals surface area contributed by atoms with Crippen LogP contribution in [0.5, 0.6) is 0 Å². The van der Waals surface area contributed by atoms with Crippen molar-refractivity contribution in [1.29, 1.82) is 0 Å². The molecule has 0 amide bonds. The highest BCUT2D eigenvalue weighted by atomic mass is 16.4. The summed E-state index contributed by atoms with van der Waals surface area (Å²) in [4.78, 5) is 10.5. The Hall–Kier alpha value is -0.830. The molecule has 2 N–H and O–H groups in total. The number of rotatable bonds is 1. The quantitative estimate of drug-likeness (QED) is 0.552. The molecule has 1 aliphatic carbocycles. The van der Waals surface area contributed by atoms with Gasteiger partial charge in [0, 0.05) is 0 Å². The molecule has 0 aromatic rings. The third-order valence-corrected chi connectivity index (χ3v) is 2.03. The second kappa shape index (κ2) is 3.05. The lowest BCUT2D eigenvalue weighted by atomic mass is 9.88. The third kappa shape index (κ3) is 1.80. The van der Waals surface area contributed by atoms with E-state index in [-0.39, 0.29) is 0 Å². The molecule has 3 heteroatoms. The fraction of sp³-hybridized carbons (Fsp3) is 0.625. The second-order valence-electron chi connectivity index (χ2n) is 2.99. The van der Waals surface area contributed by atoms with E-state index in [1.165, 1.54) is 0 Å². The van der Waals surface area contributed by atoms with Gasteiger partial charge in [0.2, 0.25) is 0 Å². The monoisotopic (exact) mass is 156 g/mol. The molecule has 1 aliphatic rings. The molecule has 0 radical (unpaired) electrons. The standard InChI is InChI=1S/C8H12O3/c1-5-2-3-6(8(10)11)7(9)4-5/h4,6-7,9H,2-3H2,1H3,(H,10,11). The largest absolute Gasteiger partial charge is 0.481 e. The number of aliphatic hydroxyl groups excluding tert-OH is 1. The number of allylic oxidation sites excluding steroid dienone is 1. The van der Waals surface area contributed by atoms with Gasteiger partial charge in [-0.2, -0.15) is 0 Å². The first-order valence-corrected chi connectivity index (χ1v) is 3.69. The summed E-state index contributed by atoms with van der Waals surface area (Å²) in [5.74, 6) is -1.50. The van der Waals surface area contributed by atoms with Crippen molar-refractivity contribution in [1.82, 2.24) is 0 Å². The highest BCUT2D eigenvalue weighted by molar-refractivity contribution is 5.71. The lowest BCUT2D eigenvalue weighted by Gasteiger charge is -2.21. The van der Waals surface area contributed by atoms with E-state index in [2.05, 4.69) is 0 Å². The number of carboxylic acids is 1. The lowest BCUT2D eigenvalue weighted by Crippen LogP contribution is -2.29. The zero-order chi connectivity index (χ0) is 8.43. The molecule has 0 bridgehead atoms. The van der Waals surface area contributed by atoms with E-state index in [0.29, 0.717) is 6.42 Å². The molecule has 0 saturated carbocycles. The molecule has 0 aromatic carbocycles. The highest BCUT2D eigenvalue weighted by Crippen LogP contribution is 2.23. The van der Waals surface area contributed by atoms with Crippen molar-refractivity contribution in [3.05, 3.63) is 11.6 Å². The van der Waals surface area contributed by atoms with Gasteiger partial charge in [0.25, 0.3) is 0 Å². The predicted molar refractivity (Wildman–Crippen MR) is 40.1 cm³/mol. The summed E-state index contributed by atoms with van der Waals surface area (Å²) < 4.78 is 0. The van der Waals surface area contributed by atoms with Crippen LogP contribution < -0.4 is 0 Å². The Morgan fingerprint density at radius 1 is 1.73 bits per heavy atom. The van der Waals surface area contributed by atoms with Gasteiger partial charge < -0.3 is 10.2 Å². The van der Waals surface area contributed by atoms with Crippen LogP contribution >= 0.6 is 0 Å². The Balaban J connectivity index is 2.68. The van der Waals surface area contributed by atoms with Gasteiger partial charge in [-0.25, -0.2) is 0 Å². The van der Waals surface area contributed by atoms with Crippen LogP contribution in [-0.2, 0) is 4.79 Å². The first-order chi connectivity index (χ1) is 5.11. The lowest BCUT2D eigenvalue weighted by molar-refractivity contribution is -0.145. The zero-order valence-corrected chi connectivity index (χ0v) is 6.45. The van der Waals surface area contributed by atoms with E-state index in [0.717, 1.165) is 12.0 Å². The molecule has 0 heterocycles. The molecule has 0 aromatic heterocycles. The van der Waals surface area contributed by atoms with E-state index < -0.39 is 18.0 Å². The Kier molecular flexibility index (Phi) is 2.29. The molecule has 2 atom stereocenters. The Morgan fingerprint density at radius 3 is 2.82 bits per heavy atom. The summed E-state index contributed by atoms with van der Waals surface area (Å²) in [6, 6.07) is 0. The summed E-state index contributed by atoms with van der Waals surface area (Å²) in [5, 5.41) is 17.9. The fourth-order valence-electron chi connectivity index (χ4n) is 1.31. The van der Waals surface area contributed by atoms with E-state index in [4.69, 9.17) is 5.11 Å². The molecule has 0 spiro atoms. The predicted octanol–water partition coefficient (Wildman–Crippen LogP) is 0.788. The topological polar surface area (TPSA) is 57.5 Å². The van der Waals surface area contributed by atoms with E-state index >= 15 is 0 Å². The van der Waals surface area contributed by atoms with E-state index in [9.17, 15) is 9.90 Å². The maximum absolute atomic E-state index is 10.5. The van der Waals surface area contributed by atoms with E-state index in [1.807, 2.05) is 6.92 Å². The number of hydrogen-bond donors (Lipinski definition) is 2. The van der Waals surface area contributed by atoms with Crippen LogP contribution in [0.15, 0.2) is 11.6 Å². The highest BCUT2D eigenvalue weighted by Gasteiger charge is 2.27. The van der Waals surface area contributed by atoms with Gasteiger partial charge in [-0.15, -0.1) is 0 Å². The Labute approximate surface area is 65.3 Å². The summed E-state index contributed by atoms with van der Waals surface area (Å²) in [6.07, 6.45) is 2.18. The van der Waals surface area contributed by atoms with E-state index in [1.54, 1.807) is 6.08 Å². The number of hydrogen-bond acceptors (Lipinski definition) is 2. The van der Waals surface area contributed by atoms with Crippen LogP contribution in [0.25, 0.3) is 0 Å². The van der Waals surface area contributed by atoms with Crippen molar-refractivity contribution in [2.75, 3.05) is 0 Å². The van der Waals surface area contributed by atoms with Crippen LogP contribution in [-0.4, -0.2) is 22.3 Å². The van der Waals surface area contributed by atoms with Crippen molar-refractivity contribution in [3.63, 3.8) is 0 Å². The van der Waals surface area contributed by atoms with Crippen LogP contribution in [0.1, 0.15) is 19.8 Å². The molecule has 62 valence electrons. The van der Waals surface area contributed by atoms with Gasteiger partial charge in [-0.1, -0.05) is 11.6 Å². The summed E-state index contributed by atoms with van der Waals surface area (Å²) in [7, 11) is 0. The number of carbonyl (C=O) groups is 1. The molecule has 1 rings (SSSR count). The molecular weight excluding hydrogens is 144 g/mol. The zero-order valence-electron chi connectivity index (χ0n) is 6.45. The van der Waals surface area contributed by atoms with Crippen molar-refractivity contribution < 1.29 is 15.0 Å². The average molecular weight is 156 g/mol. The van der Waals surface area contributed by atoms with Crippen LogP contribution in [0.2, 0.25) is 0 Å². The fourth-order valence-corrected chi connectivity index (χ4v) is 1.31. The number of carboxylic acid groups (broad SMARTS) is 1. The van der Waals surface area contributed by atoms with Crippen molar-refractivity contribution in [3.8, 4) is 0 Å². The maximum Gasteiger partial charge on any atom is 0.309 e. The first-order valence-electron chi connectivity index (χ1n) is 3.69. The minimum absolute atomic E-state index is 0.554. The van der Waals surface area contributed by atoms with Crippen molar-refractivity contribution >= 4 is 5.97 Å². The van der Waals surface area contributed by atoms with Gasteiger partial charge in [-0.3, -0.25) is 4.79 Å². The minimum Gasteiger partial charge on any atom is -0.481 e. The van der Waals surface area contributed by atoms with Crippen molar-refractivity contribution in [2.45, 2.75) is 25.9 Å². The normalized spacial score (nSPS) is 31.3. The Morgan fingerprint density at radius 2 is 2.36 bits per heavy atom. The van der Waals surface area contributed by atoms with Gasteiger partial charge in [0.15, 0.2) is 0 Å². The van der Waals surface area contributed by atoms with Gasteiger partial charge in [-0.05, 0) is 19.8 Å². The number of aliphatic carboxylic acids is 1. The average Bonchev–Trinajstić information content (AvgIpc) is 1.85. The van der Waals surface area contributed by atoms with Crippen LogP contribution in [0.3, 0.4) is 0 Å². The smallest absolute Gasteiger partial charge is 0.309 e. The molecule has 2 unspecified atom stereocenters. The molecule has 0 aliphatic heterocycles. The maximum atomic E-state index is 10.5. The van der Waals surface area contributed by atoms with Crippen molar-refractivity contribution in [2.24, 2.45) is 5.92 Å². The summed E-state index contributed by atoms with van der Waals surface area (Å²) >= 11 is 0. The first kappa shape index (κ1) is 8.27. The molecule has 0 fully saturated rings. The van der Waals surface area contributed by atoms with Gasteiger partial charge >= 0.3 is 5.97 Å². The molecule has 3 nitrogen and oxygen atoms in total.